The fourth-order valence-electron chi connectivity index (χ4n) is 3.80. The molecule has 140 valence electrons. The average Bonchev–Trinajstić information content (AvgIpc) is 2.67. The molecule has 1 aliphatic carbocycles. The predicted molar refractivity (Wildman–Crippen MR) is 100 cm³/mol. The number of hydrogen-bond acceptors (Lipinski definition) is 5. The zero-order valence-electron chi connectivity index (χ0n) is 15.1. The molecule has 0 bridgehead atoms. The molecule has 2 heterocycles. The summed E-state index contributed by atoms with van der Waals surface area (Å²) in [5, 5.41) is 2.67. The molecule has 0 atom stereocenters. The number of fused-ring (bicyclic) bond motifs is 1. The van der Waals surface area contributed by atoms with Crippen LogP contribution in [0.3, 0.4) is 0 Å². The van der Waals surface area contributed by atoms with E-state index in [0.717, 1.165) is 25.7 Å². The smallest absolute Gasteiger partial charge is 0.263 e. The Kier molecular flexibility index (Phi) is 4.79. The van der Waals surface area contributed by atoms with Crippen LogP contribution in [0.1, 0.15) is 48.9 Å². The van der Waals surface area contributed by atoms with Crippen molar-refractivity contribution in [2.45, 2.75) is 44.1 Å². The summed E-state index contributed by atoms with van der Waals surface area (Å²) in [4.78, 5) is 28.6. The summed E-state index contributed by atoms with van der Waals surface area (Å²) in [6.45, 7) is -0.144. The third-order valence-electron chi connectivity index (χ3n) is 5.13. The summed E-state index contributed by atoms with van der Waals surface area (Å²) in [6, 6.07) is 10.4. The van der Waals surface area contributed by atoms with E-state index in [0.29, 0.717) is 29.3 Å². The van der Waals surface area contributed by atoms with E-state index in [1.165, 1.54) is 6.42 Å². The molecule has 4 rings (SSSR count). The molecule has 2 aromatic rings. The quantitative estimate of drug-likeness (QED) is 0.891. The molecule has 1 spiro atoms. The lowest BCUT2D eigenvalue weighted by atomic mass is 9.78. The van der Waals surface area contributed by atoms with Crippen LogP contribution in [0.4, 0.5) is 5.82 Å². The maximum absolute atomic E-state index is 12.5. The second kappa shape index (κ2) is 7.39. The van der Waals surface area contributed by atoms with Crippen molar-refractivity contribution >= 4 is 17.5 Å². The van der Waals surface area contributed by atoms with E-state index in [9.17, 15) is 9.59 Å². The minimum Gasteiger partial charge on any atom is -0.486 e. The fraction of sp³-hybridized carbons (Fsp3) is 0.381. The highest BCUT2D eigenvalue weighted by atomic mass is 16.5. The van der Waals surface area contributed by atoms with Gasteiger partial charge in [0, 0.05) is 12.3 Å². The highest BCUT2D eigenvalue weighted by Gasteiger charge is 2.41. The van der Waals surface area contributed by atoms with Gasteiger partial charge < -0.3 is 14.8 Å². The Labute approximate surface area is 157 Å². The average molecular weight is 366 g/mol. The highest BCUT2D eigenvalue weighted by Crippen LogP contribution is 2.42. The first-order valence-electron chi connectivity index (χ1n) is 9.34. The molecule has 0 radical (unpaired) electrons. The van der Waals surface area contributed by atoms with Gasteiger partial charge in [-0.2, -0.15) is 0 Å². The number of hydrogen-bond donors (Lipinski definition) is 1. The fourth-order valence-corrected chi connectivity index (χ4v) is 3.80. The number of carbonyl (C=O) groups is 2. The summed E-state index contributed by atoms with van der Waals surface area (Å²) >= 11 is 0. The van der Waals surface area contributed by atoms with Gasteiger partial charge in [-0.15, -0.1) is 0 Å². The number of Topliss-reactive ketones (excluding diaryl/α,β-unsaturated/α-hetero) is 1. The van der Waals surface area contributed by atoms with Crippen molar-refractivity contribution in [1.29, 1.82) is 0 Å². The second-order valence-corrected chi connectivity index (χ2v) is 7.16. The van der Waals surface area contributed by atoms with E-state index in [-0.39, 0.29) is 23.9 Å². The largest absolute Gasteiger partial charge is 0.486 e. The molecule has 1 saturated carbocycles. The van der Waals surface area contributed by atoms with Crippen LogP contribution < -0.4 is 14.8 Å². The number of rotatable bonds is 4. The summed E-state index contributed by atoms with van der Waals surface area (Å²) < 4.78 is 11.8. The van der Waals surface area contributed by atoms with Crippen molar-refractivity contribution in [2.75, 3.05) is 11.9 Å². The number of benzene rings is 1. The summed E-state index contributed by atoms with van der Waals surface area (Å²) in [7, 11) is 0. The molecule has 0 saturated heterocycles. The van der Waals surface area contributed by atoms with Crippen LogP contribution >= 0.6 is 0 Å². The molecule has 6 nitrogen and oxygen atoms in total. The number of anilines is 1. The number of aromatic nitrogens is 1. The standard InChI is InChI=1S/C21H22N2O4/c24-17-13-21(9-3-1-4-10-21)27-18-12-15(7-8-16(17)18)26-14-20(25)23-19-6-2-5-11-22-19/h2,5-8,11-12H,1,3-4,9-10,13-14H2,(H,22,23,25). The normalized spacial score (nSPS) is 17.7. The molecule has 1 aliphatic heterocycles. The summed E-state index contributed by atoms with van der Waals surface area (Å²) in [6.07, 6.45) is 7.26. The minimum absolute atomic E-state index is 0.123. The molecular formula is C21H22N2O4. The van der Waals surface area contributed by atoms with Crippen LogP contribution in [0.5, 0.6) is 11.5 Å². The van der Waals surface area contributed by atoms with Gasteiger partial charge in [-0.1, -0.05) is 12.5 Å². The Morgan fingerprint density at radius 1 is 1.19 bits per heavy atom. The van der Waals surface area contributed by atoms with Crippen LogP contribution in [-0.2, 0) is 4.79 Å². The lowest BCUT2D eigenvalue weighted by Crippen LogP contribution is -2.43. The first-order valence-corrected chi connectivity index (χ1v) is 9.34. The molecule has 2 aliphatic rings. The van der Waals surface area contributed by atoms with Crippen molar-refractivity contribution in [3.8, 4) is 11.5 Å². The van der Waals surface area contributed by atoms with E-state index >= 15 is 0 Å². The zero-order chi connectivity index (χ0) is 18.7. The SMILES string of the molecule is O=C(COc1ccc2c(c1)OC1(CCCCC1)CC2=O)Nc1ccccn1. The van der Waals surface area contributed by atoms with Gasteiger partial charge in [-0.05, 0) is 49.9 Å². The van der Waals surface area contributed by atoms with Crippen LogP contribution in [0.2, 0.25) is 0 Å². The zero-order valence-corrected chi connectivity index (χ0v) is 15.1. The van der Waals surface area contributed by atoms with Crippen molar-refractivity contribution < 1.29 is 19.1 Å². The van der Waals surface area contributed by atoms with E-state index in [1.807, 2.05) is 0 Å². The second-order valence-electron chi connectivity index (χ2n) is 7.16. The Hall–Kier alpha value is -2.89. The number of carbonyl (C=O) groups excluding carboxylic acids is 2. The van der Waals surface area contributed by atoms with Gasteiger partial charge in [0.15, 0.2) is 12.4 Å². The van der Waals surface area contributed by atoms with Crippen molar-refractivity contribution in [3.05, 3.63) is 48.2 Å². The Balaban J connectivity index is 1.42. The number of nitrogens with one attached hydrogen (secondary N) is 1. The van der Waals surface area contributed by atoms with E-state index < -0.39 is 0 Å². The van der Waals surface area contributed by atoms with E-state index in [2.05, 4.69) is 10.3 Å². The Morgan fingerprint density at radius 2 is 2.04 bits per heavy atom. The van der Waals surface area contributed by atoms with Crippen molar-refractivity contribution in [2.24, 2.45) is 0 Å². The van der Waals surface area contributed by atoms with Gasteiger partial charge in [-0.25, -0.2) is 4.98 Å². The molecule has 0 unspecified atom stereocenters. The van der Waals surface area contributed by atoms with Crippen LogP contribution in [0.25, 0.3) is 0 Å². The molecular weight excluding hydrogens is 344 g/mol. The number of pyridine rings is 1. The van der Waals surface area contributed by atoms with Gasteiger partial charge >= 0.3 is 0 Å². The molecule has 1 aromatic carbocycles. The van der Waals surface area contributed by atoms with E-state index in [1.54, 1.807) is 42.6 Å². The summed E-state index contributed by atoms with van der Waals surface area (Å²) in [5.74, 6) is 1.37. The molecule has 27 heavy (non-hydrogen) atoms. The number of ketones is 1. The van der Waals surface area contributed by atoms with Crippen molar-refractivity contribution in [1.82, 2.24) is 4.98 Å². The highest BCUT2D eigenvalue weighted by molar-refractivity contribution is 6.00. The molecule has 1 aromatic heterocycles. The van der Waals surface area contributed by atoms with Gasteiger partial charge in [0.25, 0.3) is 5.91 Å². The molecule has 1 fully saturated rings. The third-order valence-corrected chi connectivity index (χ3v) is 5.13. The lowest BCUT2D eigenvalue weighted by molar-refractivity contribution is -0.118. The predicted octanol–water partition coefficient (Wildman–Crippen LogP) is 3.77. The third kappa shape index (κ3) is 3.94. The first kappa shape index (κ1) is 17.5. The Morgan fingerprint density at radius 3 is 2.81 bits per heavy atom. The van der Waals surface area contributed by atoms with E-state index in [4.69, 9.17) is 9.47 Å². The monoisotopic (exact) mass is 366 g/mol. The lowest BCUT2D eigenvalue weighted by Gasteiger charge is -2.40. The Bertz CT molecular complexity index is 845. The van der Waals surface area contributed by atoms with Crippen LogP contribution in [0.15, 0.2) is 42.6 Å². The number of amides is 1. The molecule has 1 N–H and O–H groups in total. The minimum atomic E-state index is -0.364. The number of nitrogens with zero attached hydrogens (tertiary/aromatic N) is 1. The van der Waals surface area contributed by atoms with Crippen LogP contribution in [0, 0.1) is 0 Å². The topological polar surface area (TPSA) is 77.5 Å². The molecule has 6 heteroatoms. The van der Waals surface area contributed by atoms with Crippen molar-refractivity contribution in [3.63, 3.8) is 0 Å². The first-order chi connectivity index (χ1) is 13.1. The number of ether oxygens (including phenoxy) is 2. The van der Waals surface area contributed by atoms with Gasteiger partial charge in [0.05, 0.1) is 12.0 Å². The van der Waals surface area contributed by atoms with Gasteiger partial charge in [-0.3, -0.25) is 9.59 Å². The van der Waals surface area contributed by atoms with Gasteiger partial charge in [0.2, 0.25) is 0 Å². The maximum Gasteiger partial charge on any atom is 0.263 e. The molecule has 1 amide bonds. The van der Waals surface area contributed by atoms with Crippen LogP contribution in [-0.4, -0.2) is 28.9 Å². The van der Waals surface area contributed by atoms with Gasteiger partial charge in [0.1, 0.15) is 22.9 Å². The summed E-state index contributed by atoms with van der Waals surface area (Å²) in [5.41, 5.74) is 0.230. The maximum atomic E-state index is 12.5.